The van der Waals surface area contributed by atoms with Gasteiger partial charge in [-0.1, -0.05) is 75.5 Å². The lowest BCUT2D eigenvalue weighted by atomic mass is 10.2. The number of halogens is 3. The molecular formula is C22H18BrCl2N3O3S. The van der Waals surface area contributed by atoms with Gasteiger partial charge in [0.25, 0.3) is 5.91 Å². The fraction of sp³-hybridized carbons (Fsp3) is 0.0909. The summed E-state index contributed by atoms with van der Waals surface area (Å²) in [5, 5.41) is 4.73. The number of hydrogen-bond donors (Lipinski definition) is 1. The predicted molar refractivity (Wildman–Crippen MR) is 130 cm³/mol. The first kappa shape index (κ1) is 24.4. The molecule has 166 valence electrons. The van der Waals surface area contributed by atoms with Crippen LogP contribution < -0.4 is 5.43 Å². The summed E-state index contributed by atoms with van der Waals surface area (Å²) in [6.45, 7) is -0.399. The Morgan fingerprint density at radius 2 is 1.72 bits per heavy atom. The van der Waals surface area contributed by atoms with Gasteiger partial charge < -0.3 is 0 Å². The number of amides is 1. The van der Waals surface area contributed by atoms with Crippen LogP contribution in [0.1, 0.15) is 11.1 Å². The zero-order valence-electron chi connectivity index (χ0n) is 16.6. The second kappa shape index (κ2) is 11.1. The van der Waals surface area contributed by atoms with Gasteiger partial charge in [-0.05, 0) is 42.0 Å². The summed E-state index contributed by atoms with van der Waals surface area (Å²) < 4.78 is 28.3. The summed E-state index contributed by atoms with van der Waals surface area (Å²) in [5.41, 5.74) is 3.64. The zero-order chi connectivity index (χ0) is 23.1. The molecule has 0 spiro atoms. The Bertz CT molecular complexity index is 1220. The van der Waals surface area contributed by atoms with Crippen LogP contribution in [0.2, 0.25) is 10.0 Å². The molecule has 10 heteroatoms. The van der Waals surface area contributed by atoms with Crippen LogP contribution in [0, 0.1) is 0 Å². The van der Waals surface area contributed by atoms with Gasteiger partial charge in [0.1, 0.15) is 0 Å². The average Bonchev–Trinajstić information content (AvgIpc) is 2.77. The highest BCUT2D eigenvalue weighted by Gasteiger charge is 2.26. The van der Waals surface area contributed by atoms with E-state index in [1.54, 1.807) is 48.5 Å². The molecule has 0 fully saturated rings. The van der Waals surface area contributed by atoms with Crippen molar-refractivity contribution >= 4 is 61.3 Å². The molecule has 0 unspecified atom stereocenters. The molecule has 0 aliphatic rings. The topological polar surface area (TPSA) is 78.8 Å². The molecule has 0 saturated carbocycles. The van der Waals surface area contributed by atoms with Crippen molar-refractivity contribution in [2.24, 2.45) is 5.10 Å². The monoisotopic (exact) mass is 553 g/mol. The minimum Gasteiger partial charge on any atom is -0.272 e. The standard InChI is InChI=1S/C22H18BrCl2N3O3S/c23-18-9-6-16(7-10-18)14-28(32(30,31)20-4-2-1-3-5-20)15-22(29)27-26-13-17-8-11-19(24)12-21(17)25/h1-13H,14-15H2,(H,27,29)/b26-13-. The van der Waals surface area contributed by atoms with Crippen molar-refractivity contribution < 1.29 is 13.2 Å². The first-order valence-electron chi connectivity index (χ1n) is 9.32. The van der Waals surface area contributed by atoms with Gasteiger partial charge in [-0.2, -0.15) is 9.41 Å². The molecule has 0 heterocycles. The van der Waals surface area contributed by atoms with Gasteiger partial charge in [0.05, 0.1) is 22.7 Å². The molecule has 3 rings (SSSR count). The molecule has 3 aromatic rings. The van der Waals surface area contributed by atoms with Crippen molar-refractivity contribution in [1.29, 1.82) is 0 Å². The third-order valence-electron chi connectivity index (χ3n) is 4.33. The van der Waals surface area contributed by atoms with Gasteiger partial charge in [0.15, 0.2) is 0 Å². The average molecular weight is 555 g/mol. The first-order chi connectivity index (χ1) is 15.3. The molecule has 0 bridgehead atoms. The van der Waals surface area contributed by atoms with E-state index in [2.05, 4.69) is 26.5 Å². The zero-order valence-corrected chi connectivity index (χ0v) is 20.5. The lowest BCUT2D eigenvalue weighted by Gasteiger charge is -2.21. The van der Waals surface area contributed by atoms with Crippen LogP contribution in [-0.2, 0) is 21.4 Å². The predicted octanol–water partition coefficient (Wildman–Crippen LogP) is 5.10. The van der Waals surface area contributed by atoms with E-state index in [-0.39, 0.29) is 11.4 Å². The highest BCUT2D eigenvalue weighted by atomic mass is 79.9. The Morgan fingerprint density at radius 1 is 1.03 bits per heavy atom. The number of rotatable bonds is 8. The van der Waals surface area contributed by atoms with Crippen molar-refractivity contribution in [2.75, 3.05) is 6.54 Å². The van der Waals surface area contributed by atoms with E-state index >= 15 is 0 Å². The van der Waals surface area contributed by atoms with Gasteiger partial charge in [-0.15, -0.1) is 0 Å². The molecule has 1 amide bonds. The van der Waals surface area contributed by atoms with E-state index < -0.39 is 22.5 Å². The van der Waals surface area contributed by atoms with Gasteiger partial charge in [0, 0.05) is 21.6 Å². The highest BCUT2D eigenvalue weighted by Crippen LogP contribution is 2.20. The number of hydrogen-bond acceptors (Lipinski definition) is 4. The molecule has 0 aromatic heterocycles. The van der Waals surface area contributed by atoms with Crippen LogP contribution in [0.25, 0.3) is 0 Å². The summed E-state index contributed by atoms with van der Waals surface area (Å²) in [6.07, 6.45) is 1.36. The lowest BCUT2D eigenvalue weighted by molar-refractivity contribution is -0.121. The Hall–Kier alpha value is -2.23. The van der Waals surface area contributed by atoms with Crippen molar-refractivity contribution in [1.82, 2.24) is 9.73 Å². The maximum atomic E-state index is 13.2. The number of nitrogens with one attached hydrogen (secondary N) is 1. The number of carbonyl (C=O) groups excluding carboxylic acids is 1. The quantitative estimate of drug-likeness (QED) is 0.311. The van der Waals surface area contributed by atoms with E-state index in [1.807, 2.05) is 12.1 Å². The van der Waals surface area contributed by atoms with E-state index in [0.717, 1.165) is 14.3 Å². The van der Waals surface area contributed by atoms with Gasteiger partial charge in [-0.25, -0.2) is 13.8 Å². The Kier molecular flexibility index (Phi) is 8.44. The Balaban J connectivity index is 1.77. The summed E-state index contributed by atoms with van der Waals surface area (Å²) in [4.78, 5) is 12.6. The van der Waals surface area contributed by atoms with Crippen LogP contribution in [0.5, 0.6) is 0 Å². The minimum atomic E-state index is -3.92. The van der Waals surface area contributed by atoms with Crippen LogP contribution in [0.3, 0.4) is 0 Å². The van der Waals surface area contributed by atoms with Crippen LogP contribution >= 0.6 is 39.1 Å². The summed E-state index contributed by atoms with van der Waals surface area (Å²) in [7, 11) is -3.92. The minimum absolute atomic E-state index is 0.0185. The third-order valence-corrected chi connectivity index (χ3v) is 7.23. The SMILES string of the molecule is O=C(CN(Cc1ccc(Br)cc1)S(=O)(=O)c1ccccc1)N/N=C\c1ccc(Cl)cc1Cl. The molecule has 6 nitrogen and oxygen atoms in total. The van der Waals surface area contributed by atoms with E-state index in [1.165, 1.54) is 18.3 Å². The number of benzene rings is 3. The van der Waals surface area contributed by atoms with E-state index in [9.17, 15) is 13.2 Å². The molecule has 32 heavy (non-hydrogen) atoms. The highest BCUT2D eigenvalue weighted by molar-refractivity contribution is 9.10. The summed E-state index contributed by atoms with van der Waals surface area (Å²) in [6, 6.07) is 20.0. The number of carbonyl (C=O) groups is 1. The molecule has 0 saturated heterocycles. The van der Waals surface area contributed by atoms with Gasteiger partial charge >= 0.3 is 0 Å². The fourth-order valence-electron chi connectivity index (χ4n) is 2.74. The normalized spacial score (nSPS) is 11.8. The molecule has 0 radical (unpaired) electrons. The second-order valence-electron chi connectivity index (χ2n) is 6.67. The molecule has 3 aromatic carbocycles. The number of sulfonamides is 1. The molecule has 1 N–H and O–H groups in total. The first-order valence-corrected chi connectivity index (χ1v) is 12.3. The molecule has 0 atom stereocenters. The van der Waals surface area contributed by atoms with Crippen LogP contribution in [0.4, 0.5) is 0 Å². The molecule has 0 aliphatic heterocycles. The molecular weight excluding hydrogens is 537 g/mol. The summed E-state index contributed by atoms with van der Waals surface area (Å²) >= 11 is 15.3. The van der Waals surface area contributed by atoms with Crippen LogP contribution in [0.15, 0.2) is 87.3 Å². The van der Waals surface area contributed by atoms with E-state index in [0.29, 0.717) is 15.6 Å². The summed E-state index contributed by atoms with van der Waals surface area (Å²) in [5.74, 6) is -0.594. The Labute approximate surface area is 205 Å². The smallest absolute Gasteiger partial charge is 0.255 e. The largest absolute Gasteiger partial charge is 0.272 e. The molecule has 0 aliphatic carbocycles. The van der Waals surface area contributed by atoms with Crippen molar-refractivity contribution in [3.63, 3.8) is 0 Å². The maximum absolute atomic E-state index is 13.2. The van der Waals surface area contributed by atoms with Crippen molar-refractivity contribution in [3.8, 4) is 0 Å². The third kappa shape index (κ3) is 6.63. The van der Waals surface area contributed by atoms with Gasteiger partial charge in [-0.3, -0.25) is 4.79 Å². The van der Waals surface area contributed by atoms with Crippen molar-refractivity contribution in [2.45, 2.75) is 11.4 Å². The number of nitrogens with zero attached hydrogens (tertiary/aromatic N) is 2. The Morgan fingerprint density at radius 3 is 2.38 bits per heavy atom. The number of hydrazone groups is 1. The fourth-order valence-corrected chi connectivity index (χ4v) is 4.86. The lowest BCUT2D eigenvalue weighted by Crippen LogP contribution is -2.39. The van der Waals surface area contributed by atoms with Crippen LogP contribution in [-0.4, -0.2) is 31.4 Å². The maximum Gasteiger partial charge on any atom is 0.255 e. The van der Waals surface area contributed by atoms with E-state index in [4.69, 9.17) is 23.2 Å². The second-order valence-corrected chi connectivity index (χ2v) is 10.4. The van der Waals surface area contributed by atoms with Gasteiger partial charge in [0.2, 0.25) is 10.0 Å². The van der Waals surface area contributed by atoms with Crippen molar-refractivity contribution in [3.05, 3.63) is 98.4 Å².